The Morgan fingerprint density at radius 2 is 1.70 bits per heavy atom. The van der Waals surface area contributed by atoms with Crippen molar-refractivity contribution in [1.82, 2.24) is 19.7 Å². The molecule has 0 saturated heterocycles. The first-order valence-corrected chi connectivity index (χ1v) is 11.4. The molecule has 1 amide bonds. The van der Waals surface area contributed by atoms with Gasteiger partial charge in [-0.25, -0.2) is 4.39 Å². The molecule has 0 spiro atoms. The van der Waals surface area contributed by atoms with Crippen LogP contribution in [0.4, 0.5) is 10.1 Å². The van der Waals surface area contributed by atoms with E-state index in [-0.39, 0.29) is 11.7 Å². The molecule has 0 radical (unpaired) electrons. The first-order chi connectivity index (χ1) is 15.8. The quantitative estimate of drug-likeness (QED) is 0.383. The van der Waals surface area contributed by atoms with Crippen LogP contribution in [0.15, 0.2) is 66.1 Å². The van der Waals surface area contributed by atoms with Crippen LogP contribution in [0.2, 0.25) is 0 Å². The minimum atomic E-state index is -0.492. The number of anilines is 1. The number of nitrogens with zero attached hydrogens (tertiary/aromatic N) is 4. The molecule has 0 aliphatic rings. The van der Waals surface area contributed by atoms with Gasteiger partial charge >= 0.3 is 0 Å². The van der Waals surface area contributed by atoms with E-state index >= 15 is 0 Å². The molecule has 0 aliphatic heterocycles. The number of benzene rings is 2. The lowest BCUT2D eigenvalue weighted by Crippen LogP contribution is -2.23. The summed E-state index contributed by atoms with van der Waals surface area (Å²) in [4.78, 5) is 16.9. The van der Waals surface area contributed by atoms with Crippen molar-refractivity contribution in [3.05, 3.63) is 83.4 Å². The van der Waals surface area contributed by atoms with Crippen LogP contribution in [0.3, 0.4) is 0 Å². The van der Waals surface area contributed by atoms with Gasteiger partial charge < -0.3 is 5.32 Å². The average Bonchev–Trinajstić information content (AvgIpc) is 3.22. The summed E-state index contributed by atoms with van der Waals surface area (Å²) in [6.45, 7) is 7.58. The molecule has 1 unspecified atom stereocenters. The predicted molar refractivity (Wildman–Crippen MR) is 129 cm³/mol. The van der Waals surface area contributed by atoms with Crippen LogP contribution in [0, 0.1) is 26.6 Å². The molecule has 0 fully saturated rings. The van der Waals surface area contributed by atoms with Crippen LogP contribution in [0.5, 0.6) is 0 Å². The van der Waals surface area contributed by atoms with Gasteiger partial charge in [0, 0.05) is 23.6 Å². The van der Waals surface area contributed by atoms with Crippen molar-refractivity contribution in [2.45, 2.75) is 38.1 Å². The van der Waals surface area contributed by atoms with Crippen LogP contribution < -0.4 is 5.32 Å². The van der Waals surface area contributed by atoms with E-state index in [2.05, 4.69) is 46.5 Å². The van der Waals surface area contributed by atoms with E-state index in [1.165, 1.54) is 23.4 Å². The van der Waals surface area contributed by atoms with Crippen LogP contribution in [-0.2, 0) is 4.79 Å². The Bertz CT molecular complexity index is 1310. The number of aryl methyl sites for hydroxylation is 3. The lowest BCUT2D eigenvalue weighted by Gasteiger charge is -2.15. The highest BCUT2D eigenvalue weighted by molar-refractivity contribution is 8.00. The van der Waals surface area contributed by atoms with Gasteiger partial charge in [0.25, 0.3) is 0 Å². The third-order valence-corrected chi connectivity index (χ3v) is 6.45. The maximum atomic E-state index is 13.9. The second-order valence-electron chi connectivity index (χ2n) is 7.86. The molecule has 0 aliphatic carbocycles. The molecule has 6 nitrogen and oxygen atoms in total. The fourth-order valence-electron chi connectivity index (χ4n) is 3.26. The van der Waals surface area contributed by atoms with Crippen molar-refractivity contribution < 1.29 is 9.18 Å². The summed E-state index contributed by atoms with van der Waals surface area (Å²) < 4.78 is 15.8. The Labute approximate surface area is 196 Å². The van der Waals surface area contributed by atoms with Gasteiger partial charge in [0.1, 0.15) is 5.82 Å². The number of aromatic nitrogens is 4. The third kappa shape index (κ3) is 4.96. The molecule has 4 rings (SSSR count). The second kappa shape index (κ2) is 9.54. The summed E-state index contributed by atoms with van der Waals surface area (Å²) in [6, 6.07) is 14.5. The fourth-order valence-corrected chi connectivity index (χ4v) is 4.13. The fraction of sp³-hybridized carbons (Fsp3) is 0.200. The summed E-state index contributed by atoms with van der Waals surface area (Å²) >= 11 is 1.29. The molecular weight excluding hydrogens is 437 g/mol. The summed E-state index contributed by atoms with van der Waals surface area (Å²) in [6.07, 6.45) is 3.41. The Morgan fingerprint density at radius 1 is 0.970 bits per heavy atom. The lowest BCUT2D eigenvalue weighted by atomic mass is 10.1. The highest BCUT2D eigenvalue weighted by Crippen LogP contribution is 2.31. The van der Waals surface area contributed by atoms with Crippen molar-refractivity contribution in [3.63, 3.8) is 0 Å². The summed E-state index contributed by atoms with van der Waals surface area (Å²) in [5, 5.41) is 11.7. The van der Waals surface area contributed by atoms with Gasteiger partial charge in [-0.1, -0.05) is 23.9 Å². The summed E-state index contributed by atoms with van der Waals surface area (Å²) in [5.41, 5.74) is 5.05. The minimum absolute atomic E-state index is 0.247. The highest BCUT2D eigenvalue weighted by atomic mass is 32.2. The zero-order valence-electron chi connectivity index (χ0n) is 18.8. The van der Waals surface area contributed by atoms with Crippen LogP contribution >= 0.6 is 11.8 Å². The molecule has 2 aromatic heterocycles. The van der Waals surface area contributed by atoms with E-state index in [1.807, 2.05) is 22.8 Å². The molecule has 2 aromatic carbocycles. The number of carbonyl (C=O) groups excluding carboxylic acids is 1. The number of rotatable bonds is 6. The number of thioether (sulfide) groups is 1. The molecule has 8 heteroatoms. The molecule has 33 heavy (non-hydrogen) atoms. The number of amides is 1. The first kappa shape index (κ1) is 22.7. The molecule has 1 atom stereocenters. The number of hydrogen-bond donors (Lipinski definition) is 1. The number of pyridine rings is 1. The van der Waals surface area contributed by atoms with Crippen molar-refractivity contribution in [3.8, 4) is 17.1 Å². The van der Waals surface area contributed by atoms with Gasteiger partial charge in [-0.05, 0) is 80.8 Å². The smallest absolute Gasteiger partial charge is 0.237 e. The van der Waals surface area contributed by atoms with Crippen LogP contribution in [0.1, 0.15) is 23.6 Å². The zero-order chi connectivity index (χ0) is 23.5. The first-order valence-electron chi connectivity index (χ1n) is 10.5. The largest absolute Gasteiger partial charge is 0.325 e. The SMILES string of the molecule is Cc1ccc(-n2c(SC(C)C(=O)Nc3ccc(C)c(F)c3)nnc2-c2ccncc2)cc1C. The second-order valence-corrected chi connectivity index (χ2v) is 9.17. The van der Waals surface area contributed by atoms with E-state index in [9.17, 15) is 9.18 Å². The van der Waals surface area contributed by atoms with E-state index < -0.39 is 5.25 Å². The van der Waals surface area contributed by atoms with Crippen molar-refractivity contribution in [1.29, 1.82) is 0 Å². The van der Waals surface area contributed by atoms with Crippen LogP contribution in [0.25, 0.3) is 17.1 Å². The Kier molecular flexibility index (Phi) is 6.55. The minimum Gasteiger partial charge on any atom is -0.325 e. The maximum absolute atomic E-state index is 13.9. The van der Waals surface area contributed by atoms with E-state index in [0.29, 0.717) is 22.2 Å². The van der Waals surface area contributed by atoms with Crippen molar-refractivity contribution >= 4 is 23.4 Å². The topological polar surface area (TPSA) is 72.7 Å². The van der Waals surface area contributed by atoms with Crippen LogP contribution in [-0.4, -0.2) is 30.9 Å². The summed E-state index contributed by atoms with van der Waals surface area (Å²) in [5.74, 6) is 0.0595. The van der Waals surface area contributed by atoms with Gasteiger partial charge in [0.05, 0.1) is 10.9 Å². The molecule has 2 heterocycles. The molecule has 4 aromatic rings. The number of halogens is 1. The molecule has 0 bridgehead atoms. The zero-order valence-corrected chi connectivity index (χ0v) is 19.7. The average molecular weight is 462 g/mol. The van der Waals surface area contributed by atoms with Gasteiger partial charge in [0.15, 0.2) is 11.0 Å². The van der Waals surface area contributed by atoms with Crippen molar-refractivity contribution in [2.24, 2.45) is 0 Å². The number of hydrogen-bond acceptors (Lipinski definition) is 5. The monoisotopic (exact) mass is 461 g/mol. The standard InChI is InChI=1S/C25H24FN5OS/c1-15-6-8-21(13-17(15)3)31-23(19-9-11-27-12-10-19)29-30-25(31)33-18(4)24(32)28-20-7-5-16(2)22(26)14-20/h5-14,18H,1-4H3,(H,28,32). The molecular formula is C25H24FN5OS. The molecule has 1 N–H and O–H groups in total. The van der Waals surface area contributed by atoms with Gasteiger partial charge in [-0.15, -0.1) is 10.2 Å². The van der Waals surface area contributed by atoms with Gasteiger partial charge in [-0.2, -0.15) is 0 Å². The highest BCUT2D eigenvalue weighted by Gasteiger charge is 2.22. The maximum Gasteiger partial charge on any atom is 0.237 e. The number of nitrogens with one attached hydrogen (secondary N) is 1. The van der Waals surface area contributed by atoms with Gasteiger partial charge in [0.2, 0.25) is 5.91 Å². The lowest BCUT2D eigenvalue weighted by molar-refractivity contribution is -0.115. The Morgan fingerprint density at radius 3 is 2.39 bits per heavy atom. The molecule has 0 saturated carbocycles. The summed E-state index contributed by atoms with van der Waals surface area (Å²) in [7, 11) is 0. The Hall–Kier alpha value is -3.52. The van der Waals surface area contributed by atoms with E-state index in [0.717, 1.165) is 16.8 Å². The van der Waals surface area contributed by atoms with E-state index in [1.54, 1.807) is 38.4 Å². The Balaban J connectivity index is 1.65. The van der Waals surface area contributed by atoms with Gasteiger partial charge in [-0.3, -0.25) is 14.3 Å². The van der Waals surface area contributed by atoms with Crippen molar-refractivity contribution in [2.75, 3.05) is 5.32 Å². The predicted octanol–water partition coefficient (Wildman–Crippen LogP) is 5.51. The molecule has 168 valence electrons. The van der Waals surface area contributed by atoms with E-state index in [4.69, 9.17) is 0 Å². The third-order valence-electron chi connectivity index (χ3n) is 5.41. The number of carbonyl (C=O) groups is 1. The normalized spacial score (nSPS) is 11.9.